The molecule has 0 aromatic heterocycles. The molecule has 0 atom stereocenters. The summed E-state index contributed by atoms with van der Waals surface area (Å²) in [6.07, 6.45) is 0.909. The topological polar surface area (TPSA) is 50.7 Å². The van der Waals surface area contributed by atoms with E-state index < -0.39 is 0 Å². The molecule has 2 aromatic rings. The van der Waals surface area contributed by atoms with Crippen LogP contribution >= 0.6 is 0 Å². The first-order valence-corrected chi connectivity index (χ1v) is 6.92. The van der Waals surface area contributed by atoms with Gasteiger partial charge >= 0.3 is 0 Å². The molecule has 0 spiro atoms. The van der Waals surface area contributed by atoms with Crippen molar-refractivity contribution >= 4 is 0 Å². The fourth-order valence-corrected chi connectivity index (χ4v) is 2.14. The molecular weight excluding hydrogens is 266 g/mol. The lowest BCUT2D eigenvalue weighted by Crippen LogP contribution is -2.17. The summed E-state index contributed by atoms with van der Waals surface area (Å²) in [5.74, 6) is 1.98. The molecule has 2 aromatic carbocycles. The Morgan fingerprint density at radius 1 is 1.00 bits per heavy atom. The first-order chi connectivity index (χ1) is 10.2. The molecule has 2 rings (SSSR count). The average Bonchev–Trinajstić information content (AvgIpc) is 2.53. The number of phenolic OH excluding ortho intramolecular Hbond substituents is 1. The van der Waals surface area contributed by atoms with Crippen molar-refractivity contribution in [2.24, 2.45) is 0 Å². The van der Waals surface area contributed by atoms with E-state index in [9.17, 15) is 5.11 Å². The van der Waals surface area contributed by atoms with Gasteiger partial charge in [-0.15, -0.1) is 0 Å². The van der Waals surface area contributed by atoms with E-state index in [0.29, 0.717) is 5.75 Å². The van der Waals surface area contributed by atoms with E-state index in [0.717, 1.165) is 36.6 Å². The van der Waals surface area contributed by atoms with Crippen LogP contribution in [0.4, 0.5) is 0 Å². The number of benzene rings is 2. The molecule has 0 bridgehead atoms. The molecule has 112 valence electrons. The van der Waals surface area contributed by atoms with Crippen molar-refractivity contribution in [1.29, 1.82) is 0 Å². The maximum absolute atomic E-state index is 9.24. The normalized spacial score (nSPS) is 10.4. The van der Waals surface area contributed by atoms with E-state index in [1.54, 1.807) is 26.4 Å². The second-order valence-electron chi connectivity index (χ2n) is 4.77. The van der Waals surface area contributed by atoms with Gasteiger partial charge in [-0.05, 0) is 48.9 Å². The predicted octanol–water partition coefficient (Wildman–Crippen LogP) is 2.74. The van der Waals surface area contributed by atoms with Gasteiger partial charge in [-0.2, -0.15) is 0 Å². The lowest BCUT2D eigenvalue weighted by molar-refractivity contribution is 0.397. The average molecular weight is 287 g/mol. The Bertz CT molecular complexity index is 567. The highest BCUT2D eigenvalue weighted by atomic mass is 16.5. The van der Waals surface area contributed by atoms with E-state index >= 15 is 0 Å². The zero-order valence-electron chi connectivity index (χ0n) is 12.4. The van der Waals surface area contributed by atoms with Gasteiger partial charge in [0.2, 0.25) is 0 Å². The van der Waals surface area contributed by atoms with Crippen LogP contribution in [0.15, 0.2) is 42.5 Å². The van der Waals surface area contributed by atoms with Gasteiger partial charge < -0.3 is 19.9 Å². The highest BCUT2D eigenvalue weighted by Gasteiger charge is 2.04. The summed E-state index contributed by atoms with van der Waals surface area (Å²) in [6, 6.07) is 13.1. The van der Waals surface area contributed by atoms with Crippen LogP contribution in [-0.4, -0.2) is 25.9 Å². The van der Waals surface area contributed by atoms with E-state index in [2.05, 4.69) is 5.32 Å². The summed E-state index contributed by atoms with van der Waals surface area (Å²) < 4.78 is 10.6. The lowest BCUT2D eigenvalue weighted by Gasteiger charge is -2.11. The molecule has 4 heteroatoms. The van der Waals surface area contributed by atoms with Gasteiger partial charge in [0.1, 0.15) is 17.2 Å². The van der Waals surface area contributed by atoms with Gasteiger partial charge in [-0.1, -0.05) is 12.1 Å². The first kappa shape index (κ1) is 15.2. The molecule has 0 saturated heterocycles. The molecule has 2 N–H and O–H groups in total. The third kappa shape index (κ3) is 4.39. The molecule has 0 radical (unpaired) electrons. The summed E-state index contributed by atoms with van der Waals surface area (Å²) in [5, 5.41) is 12.6. The molecule has 0 unspecified atom stereocenters. The lowest BCUT2D eigenvalue weighted by atomic mass is 10.1. The smallest absolute Gasteiger partial charge is 0.123 e. The van der Waals surface area contributed by atoms with Gasteiger partial charge in [0.15, 0.2) is 0 Å². The highest BCUT2D eigenvalue weighted by Crippen LogP contribution is 2.23. The largest absolute Gasteiger partial charge is 0.508 e. The number of methoxy groups -OCH3 is 2. The third-order valence-electron chi connectivity index (χ3n) is 3.33. The van der Waals surface area contributed by atoms with Crippen LogP contribution in [0, 0.1) is 0 Å². The van der Waals surface area contributed by atoms with Crippen molar-refractivity contribution in [3.05, 3.63) is 53.6 Å². The molecular formula is C17H21NO3. The Hall–Kier alpha value is -2.20. The van der Waals surface area contributed by atoms with Crippen LogP contribution in [0.1, 0.15) is 11.1 Å². The fraction of sp³-hybridized carbons (Fsp3) is 0.294. The number of hydrogen-bond donors (Lipinski definition) is 2. The molecule has 0 aliphatic carbocycles. The zero-order valence-corrected chi connectivity index (χ0v) is 12.4. The van der Waals surface area contributed by atoms with E-state index in [-0.39, 0.29) is 0 Å². The van der Waals surface area contributed by atoms with Crippen molar-refractivity contribution in [1.82, 2.24) is 5.32 Å². The van der Waals surface area contributed by atoms with Crippen molar-refractivity contribution in [3.8, 4) is 17.2 Å². The van der Waals surface area contributed by atoms with Crippen molar-refractivity contribution < 1.29 is 14.6 Å². The van der Waals surface area contributed by atoms with Crippen LogP contribution in [0.5, 0.6) is 17.2 Å². The monoisotopic (exact) mass is 287 g/mol. The van der Waals surface area contributed by atoms with Crippen molar-refractivity contribution in [2.45, 2.75) is 13.0 Å². The van der Waals surface area contributed by atoms with E-state index in [4.69, 9.17) is 9.47 Å². The van der Waals surface area contributed by atoms with Gasteiger partial charge in [0, 0.05) is 12.1 Å². The van der Waals surface area contributed by atoms with Crippen LogP contribution in [-0.2, 0) is 13.0 Å². The first-order valence-electron chi connectivity index (χ1n) is 6.92. The number of rotatable bonds is 7. The Morgan fingerprint density at radius 3 is 2.43 bits per heavy atom. The summed E-state index contributed by atoms with van der Waals surface area (Å²) >= 11 is 0. The van der Waals surface area contributed by atoms with Crippen molar-refractivity contribution in [2.75, 3.05) is 20.8 Å². The minimum Gasteiger partial charge on any atom is -0.508 e. The minimum absolute atomic E-state index is 0.299. The summed E-state index contributed by atoms with van der Waals surface area (Å²) in [5.41, 5.74) is 2.26. The Labute approximate surface area is 125 Å². The molecule has 21 heavy (non-hydrogen) atoms. The standard InChI is InChI=1S/C17H21NO3/c1-20-16-7-8-17(21-2)14(11-16)12-18-10-9-13-3-5-15(19)6-4-13/h3-8,11,18-19H,9-10,12H2,1-2H3. The Balaban J connectivity index is 1.86. The van der Waals surface area contributed by atoms with Crippen LogP contribution in [0.3, 0.4) is 0 Å². The van der Waals surface area contributed by atoms with Crippen LogP contribution < -0.4 is 14.8 Å². The summed E-state index contributed by atoms with van der Waals surface area (Å²) in [6.45, 7) is 1.57. The van der Waals surface area contributed by atoms with E-state index in [1.165, 1.54) is 5.56 Å². The van der Waals surface area contributed by atoms with Gasteiger partial charge in [0.05, 0.1) is 14.2 Å². The van der Waals surface area contributed by atoms with Gasteiger partial charge in [-0.25, -0.2) is 0 Å². The third-order valence-corrected chi connectivity index (χ3v) is 3.33. The Kier molecular flexibility index (Phi) is 5.46. The fourth-order valence-electron chi connectivity index (χ4n) is 2.14. The van der Waals surface area contributed by atoms with Crippen LogP contribution in [0.25, 0.3) is 0 Å². The van der Waals surface area contributed by atoms with Crippen molar-refractivity contribution in [3.63, 3.8) is 0 Å². The summed E-state index contributed by atoms with van der Waals surface area (Å²) in [7, 11) is 3.32. The number of phenols is 1. The second kappa shape index (κ2) is 7.55. The van der Waals surface area contributed by atoms with Gasteiger partial charge in [0.25, 0.3) is 0 Å². The maximum Gasteiger partial charge on any atom is 0.123 e. The quantitative estimate of drug-likeness (QED) is 0.769. The van der Waals surface area contributed by atoms with Crippen LogP contribution in [0.2, 0.25) is 0 Å². The number of ether oxygens (including phenoxy) is 2. The number of aromatic hydroxyl groups is 1. The predicted molar refractivity (Wildman–Crippen MR) is 83.1 cm³/mol. The zero-order chi connectivity index (χ0) is 15.1. The molecule has 0 aliphatic rings. The van der Waals surface area contributed by atoms with Gasteiger partial charge in [-0.3, -0.25) is 0 Å². The highest BCUT2D eigenvalue weighted by molar-refractivity contribution is 5.40. The SMILES string of the molecule is COc1ccc(OC)c(CNCCc2ccc(O)cc2)c1. The molecule has 0 amide bonds. The minimum atomic E-state index is 0.299. The Morgan fingerprint density at radius 2 is 1.76 bits per heavy atom. The van der Waals surface area contributed by atoms with E-state index in [1.807, 2.05) is 30.3 Å². The number of hydrogen-bond acceptors (Lipinski definition) is 4. The molecule has 4 nitrogen and oxygen atoms in total. The summed E-state index contributed by atoms with van der Waals surface area (Å²) in [4.78, 5) is 0. The molecule has 0 aliphatic heterocycles. The molecule has 0 heterocycles. The molecule has 0 saturated carbocycles. The maximum atomic E-state index is 9.24. The second-order valence-corrected chi connectivity index (χ2v) is 4.77. The molecule has 0 fully saturated rings. The number of nitrogens with one attached hydrogen (secondary N) is 1.